The summed E-state index contributed by atoms with van der Waals surface area (Å²) in [4.78, 5) is 16.9. The summed E-state index contributed by atoms with van der Waals surface area (Å²) in [6.45, 7) is 0. The standard InChI is InChI=1S/C22H20ClN3O2/c23-17-6-7-18(14-8-11-24-13-16(14)17)25-21(27)26-19-12-22(9-3-10-22)28-20-5-2-1-4-15(19)20/h1-2,4-8,11,13,19H,3,9-10,12H2,(H2,25,26,27). The number of para-hydroxylation sites is 1. The number of urea groups is 1. The third-order valence-corrected chi connectivity index (χ3v) is 6.11. The van der Waals surface area contributed by atoms with Crippen LogP contribution in [0, 0.1) is 0 Å². The van der Waals surface area contributed by atoms with Crippen molar-refractivity contribution in [2.75, 3.05) is 5.32 Å². The van der Waals surface area contributed by atoms with E-state index in [9.17, 15) is 4.79 Å². The summed E-state index contributed by atoms with van der Waals surface area (Å²) in [5.41, 5.74) is 1.60. The fourth-order valence-corrected chi connectivity index (χ4v) is 4.42. The molecule has 1 aliphatic carbocycles. The predicted octanol–water partition coefficient (Wildman–Crippen LogP) is 5.46. The van der Waals surface area contributed by atoms with Gasteiger partial charge < -0.3 is 15.4 Å². The van der Waals surface area contributed by atoms with Crippen LogP contribution in [0.25, 0.3) is 10.8 Å². The van der Waals surface area contributed by atoms with E-state index >= 15 is 0 Å². The zero-order valence-corrected chi connectivity index (χ0v) is 16.0. The molecule has 3 aromatic rings. The minimum Gasteiger partial charge on any atom is -0.487 e. The smallest absolute Gasteiger partial charge is 0.319 e. The SMILES string of the molecule is O=C(Nc1ccc(Cl)c2cnccc12)NC1CC2(CCC2)Oc2ccccc21. The molecule has 0 saturated heterocycles. The zero-order valence-electron chi connectivity index (χ0n) is 15.2. The summed E-state index contributed by atoms with van der Waals surface area (Å²) in [7, 11) is 0. The van der Waals surface area contributed by atoms with Crippen LogP contribution in [0.2, 0.25) is 5.02 Å². The van der Waals surface area contributed by atoms with Crippen LogP contribution in [0.5, 0.6) is 5.75 Å². The molecule has 1 spiro atoms. The molecule has 2 aliphatic rings. The number of amides is 2. The monoisotopic (exact) mass is 393 g/mol. The maximum absolute atomic E-state index is 12.8. The lowest BCUT2D eigenvalue weighted by atomic mass is 9.73. The Bertz CT molecular complexity index is 1060. The van der Waals surface area contributed by atoms with Gasteiger partial charge in [-0.3, -0.25) is 4.98 Å². The average molecular weight is 394 g/mol. The number of pyridine rings is 1. The van der Waals surface area contributed by atoms with E-state index in [2.05, 4.69) is 15.6 Å². The van der Waals surface area contributed by atoms with Crippen LogP contribution in [0.15, 0.2) is 54.9 Å². The van der Waals surface area contributed by atoms with Crippen molar-refractivity contribution in [3.63, 3.8) is 0 Å². The minimum absolute atomic E-state index is 0.0783. The molecule has 0 radical (unpaired) electrons. The maximum Gasteiger partial charge on any atom is 0.319 e. The van der Waals surface area contributed by atoms with Gasteiger partial charge in [-0.15, -0.1) is 0 Å². The van der Waals surface area contributed by atoms with Crippen LogP contribution >= 0.6 is 11.6 Å². The first-order valence-corrected chi connectivity index (χ1v) is 9.89. The molecule has 1 unspecified atom stereocenters. The van der Waals surface area contributed by atoms with Gasteiger partial charge in [0.2, 0.25) is 0 Å². The molecule has 1 saturated carbocycles. The first-order valence-electron chi connectivity index (χ1n) is 9.51. The maximum atomic E-state index is 12.8. The van der Waals surface area contributed by atoms with E-state index in [-0.39, 0.29) is 17.7 Å². The van der Waals surface area contributed by atoms with Gasteiger partial charge in [0.05, 0.1) is 16.8 Å². The number of benzene rings is 2. The van der Waals surface area contributed by atoms with E-state index in [0.717, 1.165) is 41.3 Å². The number of fused-ring (bicyclic) bond motifs is 2. The fraction of sp³-hybridized carbons (Fsp3) is 0.273. The number of carbonyl (C=O) groups excluding carboxylic acids is 1. The van der Waals surface area contributed by atoms with Crippen LogP contribution in [0.1, 0.15) is 37.3 Å². The Balaban J connectivity index is 1.40. The van der Waals surface area contributed by atoms with Crippen molar-refractivity contribution in [1.82, 2.24) is 10.3 Å². The summed E-state index contributed by atoms with van der Waals surface area (Å²) < 4.78 is 6.26. The molecule has 0 bridgehead atoms. The Morgan fingerprint density at radius 3 is 2.82 bits per heavy atom. The minimum atomic E-state index is -0.239. The first kappa shape index (κ1) is 17.3. The highest BCUT2D eigenvalue weighted by Gasteiger charge is 2.45. The highest BCUT2D eigenvalue weighted by molar-refractivity contribution is 6.36. The number of nitrogens with zero attached hydrogens (tertiary/aromatic N) is 1. The van der Waals surface area contributed by atoms with Crippen molar-refractivity contribution in [2.24, 2.45) is 0 Å². The number of halogens is 1. The molecular formula is C22H20ClN3O2. The normalized spacial score (nSPS) is 19.4. The second kappa shape index (κ2) is 6.67. The molecule has 5 nitrogen and oxygen atoms in total. The molecule has 2 amide bonds. The Morgan fingerprint density at radius 1 is 1.14 bits per heavy atom. The van der Waals surface area contributed by atoms with Crippen LogP contribution in [-0.2, 0) is 0 Å². The van der Waals surface area contributed by atoms with Gasteiger partial charge in [-0.05, 0) is 43.5 Å². The highest BCUT2D eigenvalue weighted by atomic mass is 35.5. The van der Waals surface area contributed by atoms with E-state index in [1.165, 1.54) is 6.42 Å². The average Bonchev–Trinajstić information content (AvgIpc) is 2.69. The van der Waals surface area contributed by atoms with Gasteiger partial charge in [0.25, 0.3) is 0 Å². The second-order valence-corrected chi connectivity index (χ2v) is 7.96. The van der Waals surface area contributed by atoms with E-state index in [0.29, 0.717) is 10.7 Å². The van der Waals surface area contributed by atoms with Crippen molar-refractivity contribution >= 4 is 34.1 Å². The summed E-state index contributed by atoms with van der Waals surface area (Å²) in [5, 5.41) is 8.41. The van der Waals surface area contributed by atoms with Crippen molar-refractivity contribution < 1.29 is 9.53 Å². The molecule has 2 heterocycles. The number of ether oxygens (including phenoxy) is 1. The van der Waals surface area contributed by atoms with Crippen molar-refractivity contribution in [2.45, 2.75) is 37.3 Å². The van der Waals surface area contributed by atoms with Gasteiger partial charge in [0, 0.05) is 35.2 Å². The van der Waals surface area contributed by atoms with Crippen LogP contribution in [0.4, 0.5) is 10.5 Å². The number of hydrogen-bond acceptors (Lipinski definition) is 3. The number of nitrogens with one attached hydrogen (secondary N) is 2. The molecule has 1 atom stereocenters. The zero-order chi connectivity index (χ0) is 19.1. The van der Waals surface area contributed by atoms with Gasteiger partial charge in [-0.1, -0.05) is 29.8 Å². The number of anilines is 1. The molecule has 6 heteroatoms. The topological polar surface area (TPSA) is 63.2 Å². The highest BCUT2D eigenvalue weighted by Crippen LogP contribution is 2.48. The summed E-state index contributed by atoms with van der Waals surface area (Å²) in [6.07, 6.45) is 7.44. The number of carbonyl (C=O) groups is 1. The van der Waals surface area contributed by atoms with E-state index in [1.54, 1.807) is 18.5 Å². The van der Waals surface area contributed by atoms with Crippen molar-refractivity contribution in [3.05, 3.63) is 65.4 Å². The van der Waals surface area contributed by atoms with Gasteiger partial charge >= 0.3 is 6.03 Å². The largest absolute Gasteiger partial charge is 0.487 e. The van der Waals surface area contributed by atoms with Crippen molar-refractivity contribution in [1.29, 1.82) is 0 Å². The molecular weight excluding hydrogens is 374 g/mol. The van der Waals surface area contributed by atoms with E-state index in [1.807, 2.05) is 36.4 Å². The Labute approximate surface area is 168 Å². The number of hydrogen-bond donors (Lipinski definition) is 2. The Morgan fingerprint density at radius 2 is 2.00 bits per heavy atom. The third-order valence-electron chi connectivity index (χ3n) is 5.78. The van der Waals surface area contributed by atoms with Gasteiger partial charge in [-0.2, -0.15) is 0 Å². The van der Waals surface area contributed by atoms with Gasteiger partial charge in [0.1, 0.15) is 11.4 Å². The third kappa shape index (κ3) is 2.96. The lowest BCUT2D eigenvalue weighted by Crippen LogP contribution is -2.50. The fourth-order valence-electron chi connectivity index (χ4n) is 4.21. The molecule has 1 aromatic heterocycles. The second-order valence-electron chi connectivity index (χ2n) is 7.55. The quantitative estimate of drug-likeness (QED) is 0.608. The molecule has 1 fully saturated rings. The molecule has 5 rings (SSSR count). The lowest BCUT2D eigenvalue weighted by Gasteiger charge is -2.48. The van der Waals surface area contributed by atoms with Crippen molar-refractivity contribution in [3.8, 4) is 5.75 Å². The molecule has 2 N–H and O–H groups in total. The first-order chi connectivity index (χ1) is 13.6. The number of aromatic nitrogens is 1. The van der Waals surface area contributed by atoms with Crippen LogP contribution < -0.4 is 15.4 Å². The van der Waals surface area contributed by atoms with E-state index in [4.69, 9.17) is 16.3 Å². The Hall–Kier alpha value is -2.79. The van der Waals surface area contributed by atoms with Crippen LogP contribution in [0.3, 0.4) is 0 Å². The predicted molar refractivity (Wildman–Crippen MR) is 110 cm³/mol. The molecule has 142 valence electrons. The Kier molecular flexibility index (Phi) is 4.13. The van der Waals surface area contributed by atoms with Crippen LogP contribution in [-0.4, -0.2) is 16.6 Å². The molecule has 2 aromatic carbocycles. The molecule has 28 heavy (non-hydrogen) atoms. The summed E-state index contributed by atoms with van der Waals surface area (Å²) >= 11 is 6.25. The van der Waals surface area contributed by atoms with Gasteiger partial charge in [-0.25, -0.2) is 4.79 Å². The number of rotatable bonds is 2. The van der Waals surface area contributed by atoms with E-state index < -0.39 is 0 Å². The summed E-state index contributed by atoms with van der Waals surface area (Å²) in [6, 6.07) is 13.1. The summed E-state index contributed by atoms with van der Waals surface area (Å²) in [5.74, 6) is 0.877. The molecule has 1 aliphatic heterocycles. The lowest BCUT2D eigenvalue weighted by molar-refractivity contribution is -0.0354. The van der Waals surface area contributed by atoms with Gasteiger partial charge in [0.15, 0.2) is 0 Å².